The third-order valence-electron chi connectivity index (χ3n) is 6.01. The normalized spacial score (nSPS) is 20.9. The molecule has 0 radical (unpaired) electrons. The van der Waals surface area contributed by atoms with Crippen LogP contribution in [0.4, 0.5) is 0 Å². The summed E-state index contributed by atoms with van der Waals surface area (Å²) in [5, 5.41) is 9.30. The Morgan fingerprint density at radius 3 is 2.72 bits per heavy atom. The molecule has 0 spiro atoms. The van der Waals surface area contributed by atoms with E-state index in [2.05, 4.69) is 36.0 Å². The van der Waals surface area contributed by atoms with Gasteiger partial charge in [0.1, 0.15) is 0 Å². The van der Waals surface area contributed by atoms with Gasteiger partial charge in [-0.1, -0.05) is 50.3 Å². The van der Waals surface area contributed by atoms with Gasteiger partial charge in [0.2, 0.25) is 5.56 Å². The van der Waals surface area contributed by atoms with Crippen LogP contribution in [-0.2, 0) is 6.42 Å². The summed E-state index contributed by atoms with van der Waals surface area (Å²) in [5.41, 5.74) is 5.56. The Balaban J connectivity index is 1.61. The number of pyridine rings is 2. The Labute approximate surface area is 170 Å². The van der Waals surface area contributed by atoms with Crippen molar-refractivity contribution in [1.29, 1.82) is 5.26 Å². The molecular formula is C25H23N3O. The van der Waals surface area contributed by atoms with Crippen LogP contribution in [0.25, 0.3) is 17.2 Å². The smallest absolute Gasteiger partial charge is 0.248 e. The number of aromatic amines is 1. The first-order valence-corrected chi connectivity index (χ1v) is 9.92. The SMILES string of the molecule is C[C@H]1[C@H](/C=C/c2ccc(-c3ccccc3C#N)cn2)c2ccc(=O)[nH]c2C[C@@H]1C. The average Bonchev–Trinajstić information content (AvgIpc) is 2.74. The third kappa shape index (κ3) is 3.77. The van der Waals surface area contributed by atoms with Crippen molar-refractivity contribution in [3.63, 3.8) is 0 Å². The van der Waals surface area contributed by atoms with E-state index in [-0.39, 0.29) is 11.5 Å². The van der Waals surface area contributed by atoms with Crippen molar-refractivity contribution in [2.45, 2.75) is 26.2 Å². The highest BCUT2D eigenvalue weighted by Gasteiger charge is 2.30. The van der Waals surface area contributed by atoms with Crippen molar-refractivity contribution in [2.24, 2.45) is 11.8 Å². The zero-order chi connectivity index (χ0) is 20.4. The van der Waals surface area contributed by atoms with Crippen LogP contribution in [-0.4, -0.2) is 9.97 Å². The molecule has 0 amide bonds. The Morgan fingerprint density at radius 2 is 1.97 bits per heavy atom. The van der Waals surface area contributed by atoms with E-state index in [0.717, 1.165) is 28.9 Å². The van der Waals surface area contributed by atoms with Gasteiger partial charge in [-0.15, -0.1) is 0 Å². The minimum Gasteiger partial charge on any atom is -0.326 e. The number of nitrogens with zero attached hydrogens (tertiary/aromatic N) is 2. The molecule has 1 aliphatic carbocycles. The maximum atomic E-state index is 11.7. The zero-order valence-electron chi connectivity index (χ0n) is 16.6. The number of benzene rings is 1. The number of nitriles is 1. The lowest BCUT2D eigenvalue weighted by Crippen LogP contribution is -2.27. The maximum Gasteiger partial charge on any atom is 0.248 e. The van der Waals surface area contributed by atoms with E-state index in [1.54, 1.807) is 6.07 Å². The van der Waals surface area contributed by atoms with Gasteiger partial charge in [0.25, 0.3) is 0 Å². The summed E-state index contributed by atoms with van der Waals surface area (Å²) in [6.07, 6.45) is 6.97. The van der Waals surface area contributed by atoms with E-state index in [1.807, 2.05) is 54.7 Å². The van der Waals surface area contributed by atoms with Gasteiger partial charge < -0.3 is 4.98 Å². The highest BCUT2D eigenvalue weighted by molar-refractivity contribution is 5.70. The molecule has 2 heterocycles. The van der Waals surface area contributed by atoms with Crippen LogP contribution < -0.4 is 5.56 Å². The minimum absolute atomic E-state index is 0.0388. The first kappa shape index (κ1) is 18.9. The average molecular weight is 381 g/mol. The Morgan fingerprint density at radius 1 is 1.14 bits per heavy atom. The van der Waals surface area contributed by atoms with Crippen molar-refractivity contribution < 1.29 is 0 Å². The van der Waals surface area contributed by atoms with Gasteiger partial charge in [0.15, 0.2) is 0 Å². The van der Waals surface area contributed by atoms with Gasteiger partial charge in [0.05, 0.1) is 17.3 Å². The molecule has 0 saturated heterocycles. The first-order valence-electron chi connectivity index (χ1n) is 9.92. The molecule has 3 aromatic rings. The monoisotopic (exact) mass is 381 g/mol. The molecule has 1 aromatic carbocycles. The van der Waals surface area contributed by atoms with Gasteiger partial charge >= 0.3 is 0 Å². The van der Waals surface area contributed by atoms with E-state index < -0.39 is 0 Å². The number of fused-ring (bicyclic) bond motifs is 1. The number of hydrogen-bond acceptors (Lipinski definition) is 3. The number of H-pyrrole nitrogens is 1. The fraction of sp³-hybridized carbons (Fsp3) is 0.240. The lowest BCUT2D eigenvalue weighted by molar-refractivity contribution is 0.327. The molecule has 29 heavy (non-hydrogen) atoms. The summed E-state index contributed by atoms with van der Waals surface area (Å²) in [7, 11) is 0. The van der Waals surface area contributed by atoms with Crippen LogP contribution in [0.1, 0.15) is 42.3 Å². The molecule has 144 valence electrons. The molecular weight excluding hydrogens is 358 g/mol. The van der Waals surface area contributed by atoms with E-state index in [9.17, 15) is 10.1 Å². The number of allylic oxidation sites excluding steroid dienone is 1. The van der Waals surface area contributed by atoms with Gasteiger partial charge in [-0.05, 0) is 42.0 Å². The molecule has 2 aromatic heterocycles. The topological polar surface area (TPSA) is 69.5 Å². The summed E-state index contributed by atoms with van der Waals surface area (Å²) in [6, 6.07) is 17.3. The largest absolute Gasteiger partial charge is 0.326 e. The van der Waals surface area contributed by atoms with Crippen LogP contribution in [0.5, 0.6) is 0 Å². The van der Waals surface area contributed by atoms with Gasteiger partial charge in [-0.2, -0.15) is 5.26 Å². The van der Waals surface area contributed by atoms with Crippen molar-refractivity contribution in [2.75, 3.05) is 0 Å². The van der Waals surface area contributed by atoms with Crippen molar-refractivity contribution >= 4 is 6.08 Å². The second kappa shape index (κ2) is 7.89. The standard InChI is InChI=1S/C25H23N3O/c1-16-13-24-23(11-12-25(29)28-24)21(17(16)2)10-9-20-8-7-19(15-27-20)22-6-4-3-5-18(22)14-26/h3-12,15-17,21H,13H2,1-2H3,(H,28,29)/b10-9+/t16-,17+,21-/m0/s1. The molecule has 0 unspecified atom stereocenters. The fourth-order valence-electron chi connectivity index (χ4n) is 4.13. The Hall–Kier alpha value is -3.45. The minimum atomic E-state index is -0.0388. The highest BCUT2D eigenvalue weighted by Crippen LogP contribution is 2.39. The first-order chi connectivity index (χ1) is 14.1. The molecule has 1 aliphatic rings. The summed E-state index contributed by atoms with van der Waals surface area (Å²) >= 11 is 0. The van der Waals surface area contributed by atoms with Crippen LogP contribution >= 0.6 is 0 Å². The van der Waals surface area contributed by atoms with Crippen molar-refractivity contribution in [1.82, 2.24) is 9.97 Å². The fourth-order valence-corrected chi connectivity index (χ4v) is 4.13. The number of hydrogen-bond donors (Lipinski definition) is 1. The molecule has 1 N–H and O–H groups in total. The predicted molar refractivity (Wildman–Crippen MR) is 115 cm³/mol. The summed E-state index contributed by atoms with van der Waals surface area (Å²) in [5.74, 6) is 1.21. The zero-order valence-corrected chi connectivity index (χ0v) is 16.6. The lowest BCUT2D eigenvalue weighted by atomic mass is 9.72. The summed E-state index contributed by atoms with van der Waals surface area (Å²) in [4.78, 5) is 19.3. The lowest BCUT2D eigenvalue weighted by Gasteiger charge is -2.34. The summed E-state index contributed by atoms with van der Waals surface area (Å²) in [6.45, 7) is 4.50. The summed E-state index contributed by atoms with van der Waals surface area (Å²) < 4.78 is 0. The number of nitrogens with one attached hydrogen (secondary N) is 1. The molecule has 0 saturated carbocycles. The number of aromatic nitrogens is 2. The van der Waals surface area contributed by atoms with E-state index in [1.165, 1.54) is 5.56 Å². The van der Waals surface area contributed by atoms with Crippen LogP contribution in [0, 0.1) is 23.2 Å². The van der Waals surface area contributed by atoms with Gasteiger partial charge in [0, 0.05) is 35.0 Å². The van der Waals surface area contributed by atoms with Crippen molar-refractivity contribution in [3.05, 3.63) is 93.7 Å². The molecule has 4 nitrogen and oxygen atoms in total. The van der Waals surface area contributed by atoms with Crippen LogP contribution in [0.2, 0.25) is 0 Å². The van der Waals surface area contributed by atoms with Crippen LogP contribution in [0.3, 0.4) is 0 Å². The molecule has 4 rings (SSSR count). The second-order valence-electron chi connectivity index (χ2n) is 7.81. The van der Waals surface area contributed by atoms with Crippen molar-refractivity contribution in [3.8, 4) is 17.2 Å². The molecule has 0 aliphatic heterocycles. The van der Waals surface area contributed by atoms with Crippen LogP contribution in [0.15, 0.2) is 65.6 Å². The molecule has 4 heteroatoms. The van der Waals surface area contributed by atoms with E-state index in [0.29, 0.717) is 17.4 Å². The number of rotatable bonds is 3. The maximum absolute atomic E-state index is 11.7. The molecule has 0 bridgehead atoms. The van der Waals surface area contributed by atoms with E-state index in [4.69, 9.17) is 0 Å². The van der Waals surface area contributed by atoms with Gasteiger partial charge in [-0.3, -0.25) is 9.78 Å². The molecule has 0 fully saturated rings. The predicted octanol–water partition coefficient (Wildman–Crippen LogP) is 4.93. The Bertz CT molecular complexity index is 1150. The Kier molecular flexibility index (Phi) is 5.14. The highest BCUT2D eigenvalue weighted by atomic mass is 16.1. The van der Waals surface area contributed by atoms with Gasteiger partial charge in [-0.25, -0.2) is 0 Å². The quantitative estimate of drug-likeness (QED) is 0.699. The van der Waals surface area contributed by atoms with E-state index >= 15 is 0 Å². The second-order valence-corrected chi connectivity index (χ2v) is 7.81. The third-order valence-corrected chi connectivity index (χ3v) is 6.01. The molecule has 3 atom stereocenters.